The molecular formula is C25H26F2N6O4. The molecule has 0 aliphatic carbocycles. The van der Waals surface area contributed by atoms with Crippen molar-refractivity contribution in [2.45, 2.75) is 32.4 Å². The second-order valence-corrected chi connectivity index (χ2v) is 9.26. The third kappa shape index (κ3) is 5.97. The number of anilines is 1. The summed E-state index contributed by atoms with van der Waals surface area (Å²) in [7, 11) is 0. The van der Waals surface area contributed by atoms with Gasteiger partial charge < -0.3 is 19.9 Å². The van der Waals surface area contributed by atoms with Gasteiger partial charge in [0, 0.05) is 38.0 Å². The summed E-state index contributed by atoms with van der Waals surface area (Å²) in [4.78, 5) is 51.6. The van der Waals surface area contributed by atoms with Crippen molar-refractivity contribution in [3.05, 3.63) is 76.5 Å². The molecule has 1 atom stereocenters. The normalized spacial score (nSPS) is 16.2. The summed E-state index contributed by atoms with van der Waals surface area (Å²) in [6, 6.07) is 5.37. The number of nitrogens with zero attached hydrogens (tertiary/aromatic N) is 4. The molecule has 1 aromatic carbocycles. The van der Waals surface area contributed by atoms with Crippen LogP contribution in [0, 0.1) is 11.6 Å². The second-order valence-electron chi connectivity index (χ2n) is 9.26. The Kier molecular flexibility index (Phi) is 7.30. The summed E-state index contributed by atoms with van der Waals surface area (Å²) >= 11 is 0. The molecule has 2 N–H and O–H groups in total. The number of rotatable bonds is 6. The highest BCUT2D eigenvalue weighted by molar-refractivity contribution is 5.95. The summed E-state index contributed by atoms with van der Waals surface area (Å²) in [6.07, 6.45) is 3.95. The average Bonchev–Trinajstić information content (AvgIpc) is 2.86. The van der Waals surface area contributed by atoms with E-state index in [0.29, 0.717) is 25.2 Å². The van der Waals surface area contributed by atoms with Crippen molar-refractivity contribution < 1.29 is 23.1 Å². The lowest BCUT2D eigenvalue weighted by Crippen LogP contribution is -2.63. The second kappa shape index (κ2) is 10.4. The number of aromatic nitrogens is 3. The first-order valence-corrected chi connectivity index (χ1v) is 11.5. The summed E-state index contributed by atoms with van der Waals surface area (Å²) in [5, 5.41) is 2.71. The van der Waals surface area contributed by atoms with Gasteiger partial charge in [-0.1, -0.05) is 0 Å². The van der Waals surface area contributed by atoms with E-state index in [1.807, 2.05) is 18.7 Å². The Hall–Kier alpha value is -4.19. The fourth-order valence-corrected chi connectivity index (χ4v) is 4.09. The van der Waals surface area contributed by atoms with E-state index >= 15 is 0 Å². The van der Waals surface area contributed by atoms with Crippen LogP contribution < -0.4 is 15.6 Å². The highest BCUT2D eigenvalue weighted by Gasteiger charge is 2.39. The van der Waals surface area contributed by atoms with Crippen molar-refractivity contribution in [2.75, 3.05) is 25.0 Å². The van der Waals surface area contributed by atoms with Crippen LogP contribution in [0.5, 0.6) is 11.6 Å². The smallest absolute Gasteiger partial charge is 0.255 e. The van der Waals surface area contributed by atoms with E-state index in [1.165, 1.54) is 36.8 Å². The van der Waals surface area contributed by atoms with Gasteiger partial charge in [0.2, 0.25) is 17.3 Å². The van der Waals surface area contributed by atoms with E-state index in [2.05, 4.69) is 20.3 Å². The van der Waals surface area contributed by atoms with Crippen LogP contribution in [-0.4, -0.2) is 67.8 Å². The molecule has 3 heterocycles. The number of nitrogens with one attached hydrogen (secondary N) is 2. The number of carbonyl (C=O) groups excluding carboxylic acids is 2. The predicted octanol–water partition coefficient (Wildman–Crippen LogP) is 2.80. The molecule has 1 aliphatic rings. The first-order valence-electron chi connectivity index (χ1n) is 11.5. The average molecular weight is 513 g/mol. The highest BCUT2D eigenvalue weighted by atomic mass is 19.2. The fourth-order valence-electron chi connectivity index (χ4n) is 4.09. The van der Waals surface area contributed by atoms with Crippen LogP contribution in [0.1, 0.15) is 31.1 Å². The van der Waals surface area contributed by atoms with Crippen molar-refractivity contribution in [2.24, 2.45) is 0 Å². The van der Waals surface area contributed by atoms with Gasteiger partial charge in [-0.3, -0.25) is 19.3 Å². The maximum absolute atomic E-state index is 13.3. The van der Waals surface area contributed by atoms with Crippen LogP contribution in [0.15, 0.2) is 53.7 Å². The molecule has 1 aliphatic heterocycles. The summed E-state index contributed by atoms with van der Waals surface area (Å²) in [6.45, 7) is 6.93. The Morgan fingerprint density at radius 3 is 2.51 bits per heavy atom. The predicted molar refractivity (Wildman–Crippen MR) is 130 cm³/mol. The molecule has 37 heavy (non-hydrogen) atoms. The van der Waals surface area contributed by atoms with E-state index in [-0.39, 0.29) is 34.8 Å². The molecule has 0 bridgehead atoms. The number of halogens is 2. The molecule has 1 saturated heterocycles. The molecular weight excluding hydrogens is 486 g/mol. The molecule has 12 heteroatoms. The van der Waals surface area contributed by atoms with E-state index in [9.17, 15) is 23.2 Å². The first kappa shape index (κ1) is 25.9. The molecule has 2 amide bonds. The summed E-state index contributed by atoms with van der Waals surface area (Å²) in [5.74, 6) is -2.25. The molecule has 194 valence electrons. The van der Waals surface area contributed by atoms with E-state index < -0.39 is 23.2 Å². The number of hydrogen-bond donors (Lipinski definition) is 2. The number of carbonyl (C=O) groups is 2. The molecule has 3 aromatic rings. The lowest BCUT2D eigenvalue weighted by atomic mass is 9.96. The Morgan fingerprint density at radius 1 is 1.11 bits per heavy atom. The number of benzene rings is 1. The van der Waals surface area contributed by atoms with Crippen molar-refractivity contribution in [3.63, 3.8) is 0 Å². The van der Waals surface area contributed by atoms with Crippen LogP contribution in [0.3, 0.4) is 0 Å². The molecule has 10 nitrogen and oxygen atoms in total. The van der Waals surface area contributed by atoms with Crippen molar-refractivity contribution in [1.82, 2.24) is 24.8 Å². The van der Waals surface area contributed by atoms with E-state index in [4.69, 9.17) is 4.74 Å². The number of H-pyrrole nitrogens is 1. The molecule has 1 fully saturated rings. The minimum atomic E-state index is -1.05. The maximum atomic E-state index is 13.3. The van der Waals surface area contributed by atoms with Crippen molar-refractivity contribution in [3.8, 4) is 11.6 Å². The maximum Gasteiger partial charge on any atom is 0.255 e. The third-order valence-electron chi connectivity index (χ3n) is 6.13. The fraction of sp³-hybridized carbons (Fsp3) is 0.320. The topological polar surface area (TPSA) is 121 Å². The highest BCUT2D eigenvalue weighted by Crippen LogP contribution is 2.25. The third-order valence-corrected chi connectivity index (χ3v) is 6.13. The van der Waals surface area contributed by atoms with Gasteiger partial charge in [-0.25, -0.2) is 18.7 Å². The zero-order chi connectivity index (χ0) is 26.7. The standard InChI is InChI=1S/C25H26F2N6O4/c1-15(32-8-9-33(25(2,3)14-32)24(36)16-4-7-21(34)29-11-16)23(35)31-20-12-30-22(13-28-20)37-17-5-6-18(26)19(27)10-17/h4-7,10-13,15H,8-9,14H2,1-3H3,(H,29,34)(H,28,31,35). The van der Waals surface area contributed by atoms with Crippen molar-refractivity contribution >= 4 is 17.6 Å². The SMILES string of the molecule is CC(C(=O)Nc1cnc(Oc2ccc(F)c(F)c2)cn1)N1CCN(C(=O)c2ccc(=O)[nH]c2)C(C)(C)C1. The zero-order valence-corrected chi connectivity index (χ0v) is 20.5. The Morgan fingerprint density at radius 2 is 1.89 bits per heavy atom. The minimum absolute atomic E-state index is 0.0436. The Balaban J connectivity index is 1.35. The molecule has 0 saturated carbocycles. The van der Waals surface area contributed by atoms with E-state index in [1.54, 1.807) is 11.8 Å². The van der Waals surface area contributed by atoms with Crippen LogP contribution in [0.4, 0.5) is 14.6 Å². The van der Waals surface area contributed by atoms with Gasteiger partial charge in [0.1, 0.15) is 5.75 Å². The van der Waals surface area contributed by atoms with Gasteiger partial charge in [-0.2, -0.15) is 0 Å². The van der Waals surface area contributed by atoms with Crippen molar-refractivity contribution in [1.29, 1.82) is 0 Å². The Bertz CT molecular complexity index is 1340. The number of piperazine rings is 1. The number of ether oxygens (including phenoxy) is 1. The molecule has 4 rings (SSSR count). The monoisotopic (exact) mass is 512 g/mol. The number of aromatic amines is 1. The van der Waals surface area contributed by atoms with Gasteiger partial charge in [-0.15, -0.1) is 0 Å². The van der Waals surface area contributed by atoms with Gasteiger partial charge in [-0.05, 0) is 39.0 Å². The largest absolute Gasteiger partial charge is 0.437 e. The van der Waals surface area contributed by atoms with E-state index in [0.717, 1.165) is 12.1 Å². The minimum Gasteiger partial charge on any atom is -0.437 e. The molecule has 0 radical (unpaired) electrons. The summed E-state index contributed by atoms with van der Waals surface area (Å²) < 4.78 is 31.8. The zero-order valence-electron chi connectivity index (χ0n) is 20.5. The van der Waals surface area contributed by atoms with Crippen LogP contribution in [0.25, 0.3) is 0 Å². The quantitative estimate of drug-likeness (QED) is 0.521. The lowest BCUT2D eigenvalue weighted by Gasteiger charge is -2.48. The number of hydrogen-bond acceptors (Lipinski definition) is 7. The summed E-state index contributed by atoms with van der Waals surface area (Å²) in [5.41, 5.74) is -0.461. The molecule has 2 aromatic heterocycles. The molecule has 1 unspecified atom stereocenters. The van der Waals surface area contributed by atoms with Crippen LogP contribution in [0.2, 0.25) is 0 Å². The first-order chi connectivity index (χ1) is 17.5. The van der Waals surface area contributed by atoms with Gasteiger partial charge in [0.05, 0.1) is 29.5 Å². The Labute approximate surface area is 211 Å². The van der Waals surface area contributed by atoms with Gasteiger partial charge >= 0.3 is 0 Å². The van der Waals surface area contributed by atoms with Crippen LogP contribution in [-0.2, 0) is 4.79 Å². The number of amides is 2. The lowest BCUT2D eigenvalue weighted by molar-refractivity contribution is -0.122. The van der Waals surface area contributed by atoms with Crippen LogP contribution >= 0.6 is 0 Å². The number of pyridine rings is 1. The van der Waals surface area contributed by atoms with Gasteiger partial charge in [0.25, 0.3) is 5.91 Å². The molecule has 0 spiro atoms. The van der Waals surface area contributed by atoms with Gasteiger partial charge in [0.15, 0.2) is 17.5 Å².